The maximum atomic E-state index is 11.7. The van der Waals surface area contributed by atoms with Gasteiger partial charge in [0.1, 0.15) is 0 Å². The first-order valence-electron chi connectivity index (χ1n) is 5.36. The van der Waals surface area contributed by atoms with Crippen molar-refractivity contribution in [1.29, 1.82) is 0 Å². The Kier molecular flexibility index (Phi) is 8.22. The molecular formula is C12H17ClN2O3S. The molecule has 7 heteroatoms. The number of carbonyl (C=O) groups excluding carboxylic acids is 1. The fraction of sp³-hybridized carbons (Fsp3) is 0.333. The number of likely N-dealkylation sites (N-methyl/N-ethyl adjacent to an activating group) is 1. The summed E-state index contributed by atoms with van der Waals surface area (Å²) in [7, 11) is 1.59. The van der Waals surface area contributed by atoms with Crippen LogP contribution in [0.15, 0.2) is 29.2 Å². The van der Waals surface area contributed by atoms with Crippen LogP contribution in [0.1, 0.15) is 0 Å². The number of aliphatic carboxylic acids is 1. The molecule has 0 bridgehead atoms. The molecule has 0 atom stereocenters. The maximum Gasteiger partial charge on any atom is 0.317 e. The summed E-state index contributed by atoms with van der Waals surface area (Å²) in [4.78, 5) is 24.6. The van der Waals surface area contributed by atoms with E-state index in [0.29, 0.717) is 0 Å². The van der Waals surface area contributed by atoms with Gasteiger partial charge in [-0.25, -0.2) is 0 Å². The number of para-hydroxylation sites is 1. The summed E-state index contributed by atoms with van der Waals surface area (Å²) in [5.41, 5.74) is 0.749. The second kappa shape index (κ2) is 8.79. The molecule has 0 radical (unpaired) electrons. The van der Waals surface area contributed by atoms with Gasteiger partial charge in [-0.3, -0.25) is 14.5 Å². The van der Waals surface area contributed by atoms with Crippen LogP contribution < -0.4 is 5.32 Å². The molecular weight excluding hydrogens is 288 g/mol. The molecule has 1 aromatic carbocycles. The molecule has 0 spiro atoms. The van der Waals surface area contributed by atoms with E-state index in [1.165, 1.54) is 4.90 Å². The molecule has 0 aromatic heterocycles. The number of carboxylic acid groups (broad SMARTS) is 1. The summed E-state index contributed by atoms with van der Waals surface area (Å²) in [6.07, 6.45) is 1.93. The Morgan fingerprint density at radius 3 is 2.53 bits per heavy atom. The number of nitrogens with one attached hydrogen (secondary N) is 1. The normalized spacial score (nSPS) is 9.84. The highest BCUT2D eigenvalue weighted by atomic mass is 35.5. The summed E-state index contributed by atoms with van der Waals surface area (Å²) in [6.45, 7) is -0.105. The third kappa shape index (κ3) is 6.47. The monoisotopic (exact) mass is 304 g/mol. The van der Waals surface area contributed by atoms with E-state index in [1.54, 1.807) is 18.8 Å². The van der Waals surface area contributed by atoms with Gasteiger partial charge in [-0.15, -0.1) is 24.2 Å². The molecule has 0 heterocycles. The fourth-order valence-electron chi connectivity index (χ4n) is 1.47. The number of carboxylic acids is 1. The Balaban J connectivity index is 0.00000324. The van der Waals surface area contributed by atoms with Gasteiger partial charge >= 0.3 is 5.97 Å². The first-order chi connectivity index (χ1) is 8.52. The zero-order chi connectivity index (χ0) is 13.5. The molecule has 0 unspecified atom stereocenters. The Morgan fingerprint density at radius 1 is 1.32 bits per heavy atom. The average Bonchev–Trinajstić information content (AvgIpc) is 2.28. The third-order valence-corrected chi connectivity index (χ3v) is 3.00. The van der Waals surface area contributed by atoms with Gasteiger partial charge in [-0.1, -0.05) is 12.1 Å². The van der Waals surface area contributed by atoms with Crippen LogP contribution in [0.4, 0.5) is 5.69 Å². The van der Waals surface area contributed by atoms with E-state index in [0.717, 1.165) is 10.6 Å². The number of halogens is 1. The summed E-state index contributed by atoms with van der Waals surface area (Å²) in [5, 5.41) is 11.4. The van der Waals surface area contributed by atoms with E-state index >= 15 is 0 Å². The minimum atomic E-state index is -0.949. The molecule has 1 rings (SSSR count). The van der Waals surface area contributed by atoms with Gasteiger partial charge in [0.2, 0.25) is 5.91 Å². The number of nitrogens with zero attached hydrogens (tertiary/aromatic N) is 1. The van der Waals surface area contributed by atoms with Gasteiger partial charge in [-0.05, 0) is 25.4 Å². The van der Waals surface area contributed by atoms with Gasteiger partial charge in [0.05, 0.1) is 18.8 Å². The largest absolute Gasteiger partial charge is 0.480 e. The van der Waals surface area contributed by atoms with Crippen molar-refractivity contribution < 1.29 is 14.7 Å². The first kappa shape index (κ1) is 17.8. The van der Waals surface area contributed by atoms with Crippen molar-refractivity contribution in [3.63, 3.8) is 0 Å². The van der Waals surface area contributed by atoms with Crippen molar-refractivity contribution in [1.82, 2.24) is 4.90 Å². The topological polar surface area (TPSA) is 69.6 Å². The van der Waals surface area contributed by atoms with Crippen molar-refractivity contribution in [2.75, 3.05) is 31.7 Å². The average molecular weight is 305 g/mol. The molecule has 5 nitrogen and oxygen atoms in total. The Morgan fingerprint density at radius 2 is 1.95 bits per heavy atom. The van der Waals surface area contributed by atoms with Crippen LogP contribution in [0.3, 0.4) is 0 Å². The molecule has 1 amide bonds. The van der Waals surface area contributed by atoms with Crippen LogP contribution in [0, 0.1) is 0 Å². The highest BCUT2D eigenvalue weighted by molar-refractivity contribution is 7.98. The number of amides is 1. The number of thioether (sulfide) groups is 1. The number of hydrogen-bond acceptors (Lipinski definition) is 4. The number of carbonyl (C=O) groups is 2. The second-order valence-corrected chi connectivity index (χ2v) is 4.66. The second-order valence-electron chi connectivity index (χ2n) is 3.81. The maximum absolute atomic E-state index is 11.7. The standard InChI is InChI=1S/C12H16N2O3S.ClH/c1-14(8-12(16)17)7-11(15)13-9-5-3-4-6-10(9)18-2;/h3-6H,7-8H2,1-2H3,(H,13,15)(H,16,17);1H. The molecule has 0 saturated heterocycles. The van der Waals surface area contributed by atoms with Crippen LogP contribution >= 0.6 is 24.2 Å². The molecule has 0 aliphatic carbocycles. The lowest BCUT2D eigenvalue weighted by molar-refractivity contribution is -0.138. The first-order valence-corrected chi connectivity index (χ1v) is 6.58. The summed E-state index contributed by atoms with van der Waals surface area (Å²) in [6, 6.07) is 7.48. The summed E-state index contributed by atoms with van der Waals surface area (Å²) < 4.78 is 0. The van der Waals surface area contributed by atoms with Crippen molar-refractivity contribution in [2.45, 2.75) is 4.90 Å². The third-order valence-electron chi connectivity index (χ3n) is 2.20. The van der Waals surface area contributed by atoms with Crippen LogP contribution in [0.2, 0.25) is 0 Å². The predicted octanol–water partition coefficient (Wildman–Crippen LogP) is 1.79. The minimum absolute atomic E-state index is 0. The molecule has 0 saturated carbocycles. The quantitative estimate of drug-likeness (QED) is 0.784. The Labute approximate surface area is 122 Å². The molecule has 0 aliphatic rings. The van der Waals surface area contributed by atoms with Crippen LogP contribution in [-0.2, 0) is 9.59 Å². The van der Waals surface area contributed by atoms with E-state index < -0.39 is 5.97 Å². The molecule has 19 heavy (non-hydrogen) atoms. The summed E-state index contributed by atoms with van der Waals surface area (Å²) >= 11 is 1.54. The van der Waals surface area contributed by atoms with E-state index in [4.69, 9.17) is 5.11 Å². The zero-order valence-corrected chi connectivity index (χ0v) is 12.4. The molecule has 0 aliphatic heterocycles. The molecule has 2 N–H and O–H groups in total. The van der Waals surface area contributed by atoms with Gasteiger partial charge in [0.25, 0.3) is 0 Å². The van der Waals surface area contributed by atoms with Gasteiger partial charge < -0.3 is 10.4 Å². The van der Waals surface area contributed by atoms with Gasteiger partial charge in [-0.2, -0.15) is 0 Å². The van der Waals surface area contributed by atoms with Crippen LogP contribution in [-0.4, -0.2) is 48.3 Å². The van der Waals surface area contributed by atoms with Crippen molar-refractivity contribution in [3.05, 3.63) is 24.3 Å². The molecule has 0 fully saturated rings. The predicted molar refractivity (Wildman–Crippen MR) is 79.2 cm³/mol. The van der Waals surface area contributed by atoms with E-state index in [2.05, 4.69) is 5.32 Å². The van der Waals surface area contributed by atoms with Crippen molar-refractivity contribution in [3.8, 4) is 0 Å². The SMILES string of the molecule is CSc1ccccc1NC(=O)CN(C)CC(=O)O.Cl. The van der Waals surface area contributed by atoms with E-state index in [1.807, 2.05) is 30.5 Å². The van der Waals surface area contributed by atoms with Gasteiger partial charge in [0, 0.05) is 4.90 Å². The zero-order valence-electron chi connectivity index (χ0n) is 10.8. The van der Waals surface area contributed by atoms with Crippen LogP contribution in [0.5, 0.6) is 0 Å². The van der Waals surface area contributed by atoms with Gasteiger partial charge in [0.15, 0.2) is 0 Å². The number of rotatable bonds is 6. The smallest absolute Gasteiger partial charge is 0.317 e. The van der Waals surface area contributed by atoms with E-state index in [-0.39, 0.29) is 31.4 Å². The Bertz CT molecular complexity index is 443. The molecule has 1 aromatic rings. The fourth-order valence-corrected chi connectivity index (χ4v) is 2.02. The highest BCUT2D eigenvalue weighted by Gasteiger charge is 2.11. The Hall–Kier alpha value is -1.24. The lowest BCUT2D eigenvalue weighted by Crippen LogP contribution is -2.33. The number of benzene rings is 1. The summed E-state index contributed by atoms with van der Waals surface area (Å²) in [5.74, 6) is -1.17. The lowest BCUT2D eigenvalue weighted by Gasteiger charge is -2.14. The van der Waals surface area contributed by atoms with Crippen molar-refractivity contribution >= 4 is 41.7 Å². The molecule has 106 valence electrons. The highest BCUT2D eigenvalue weighted by Crippen LogP contribution is 2.24. The van der Waals surface area contributed by atoms with Crippen molar-refractivity contribution in [2.24, 2.45) is 0 Å². The van der Waals surface area contributed by atoms with Crippen LogP contribution in [0.25, 0.3) is 0 Å². The lowest BCUT2D eigenvalue weighted by atomic mass is 10.3. The number of hydrogen-bond donors (Lipinski definition) is 2. The van der Waals surface area contributed by atoms with E-state index in [9.17, 15) is 9.59 Å². The number of anilines is 1. The minimum Gasteiger partial charge on any atom is -0.480 e.